The van der Waals surface area contributed by atoms with Crippen LogP contribution in [-0.4, -0.2) is 47.4 Å². The molecule has 0 bridgehead atoms. The predicted molar refractivity (Wildman–Crippen MR) is 100 cm³/mol. The molecule has 1 aliphatic heterocycles. The number of ether oxygens (including phenoxy) is 1. The highest BCUT2D eigenvalue weighted by Crippen LogP contribution is 2.16. The molecule has 2 aromatic rings. The van der Waals surface area contributed by atoms with Crippen molar-refractivity contribution in [3.05, 3.63) is 48.2 Å². The SMILES string of the molecule is NC(=O)[C@@H]1CCCN(C(=O)COC(=O)/C=C/c2ccc3ccccc3n2)C1. The van der Waals surface area contributed by atoms with Crippen LogP contribution in [0, 0.1) is 5.92 Å². The van der Waals surface area contributed by atoms with Crippen molar-refractivity contribution in [1.29, 1.82) is 0 Å². The number of para-hydroxylation sites is 1. The van der Waals surface area contributed by atoms with Gasteiger partial charge in [0.2, 0.25) is 5.91 Å². The van der Waals surface area contributed by atoms with Crippen LogP contribution in [0.5, 0.6) is 0 Å². The van der Waals surface area contributed by atoms with Crippen LogP contribution in [-0.2, 0) is 19.1 Å². The van der Waals surface area contributed by atoms with Crippen molar-refractivity contribution in [1.82, 2.24) is 9.88 Å². The third kappa shape index (κ3) is 4.91. The lowest BCUT2D eigenvalue weighted by Crippen LogP contribution is -2.45. The Hall–Kier alpha value is -3.22. The highest BCUT2D eigenvalue weighted by Gasteiger charge is 2.27. The number of pyridine rings is 1. The number of benzene rings is 1. The van der Waals surface area contributed by atoms with Crippen molar-refractivity contribution >= 4 is 34.8 Å². The van der Waals surface area contributed by atoms with Gasteiger partial charge in [0.1, 0.15) is 0 Å². The second-order valence-corrected chi connectivity index (χ2v) is 6.45. The van der Waals surface area contributed by atoms with Crippen LogP contribution in [0.1, 0.15) is 18.5 Å². The second-order valence-electron chi connectivity index (χ2n) is 6.45. The zero-order valence-corrected chi connectivity index (χ0v) is 14.8. The van der Waals surface area contributed by atoms with Gasteiger partial charge in [0.05, 0.1) is 17.1 Å². The Kier molecular flexibility index (Phi) is 5.80. The quantitative estimate of drug-likeness (QED) is 0.637. The molecule has 2 N–H and O–H groups in total. The lowest BCUT2D eigenvalue weighted by molar-refractivity contribution is -0.149. The summed E-state index contributed by atoms with van der Waals surface area (Å²) in [5, 5.41) is 1.01. The zero-order chi connectivity index (χ0) is 19.2. The van der Waals surface area contributed by atoms with E-state index >= 15 is 0 Å². The number of nitrogens with two attached hydrogens (primary N) is 1. The van der Waals surface area contributed by atoms with E-state index in [4.69, 9.17) is 10.5 Å². The van der Waals surface area contributed by atoms with Gasteiger partial charge >= 0.3 is 5.97 Å². The summed E-state index contributed by atoms with van der Waals surface area (Å²) in [6.07, 6.45) is 4.18. The normalized spacial score (nSPS) is 17.2. The van der Waals surface area contributed by atoms with E-state index < -0.39 is 11.9 Å². The number of hydrogen-bond acceptors (Lipinski definition) is 5. The molecule has 0 radical (unpaired) electrons. The molecule has 7 nitrogen and oxygen atoms in total. The van der Waals surface area contributed by atoms with Gasteiger partial charge < -0.3 is 15.4 Å². The number of rotatable bonds is 5. The van der Waals surface area contributed by atoms with Crippen LogP contribution in [0.25, 0.3) is 17.0 Å². The number of hydrogen-bond donors (Lipinski definition) is 1. The average molecular weight is 367 g/mol. The fourth-order valence-corrected chi connectivity index (χ4v) is 3.04. The summed E-state index contributed by atoms with van der Waals surface area (Å²) >= 11 is 0. The predicted octanol–water partition coefficient (Wildman–Crippen LogP) is 1.52. The first-order valence-electron chi connectivity index (χ1n) is 8.80. The third-order valence-electron chi connectivity index (χ3n) is 4.52. The maximum Gasteiger partial charge on any atom is 0.331 e. The van der Waals surface area contributed by atoms with Crippen molar-refractivity contribution in [2.75, 3.05) is 19.7 Å². The van der Waals surface area contributed by atoms with Crippen LogP contribution < -0.4 is 5.73 Å². The summed E-state index contributed by atoms with van der Waals surface area (Å²) in [5.41, 5.74) is 6.76. The van der Waals surface area contributed by atoms with Gasteiger partial charge in [0.15, 0.2) is 6.61 Å². The van der Waals surface area contributed by atoms with E-state index in [9.17, 15) is 14.4 Å². The van der Waals surface area contributed by atoms with Gasteiger partial charge in [-0.15, -0.1) is 0 Å². The monoisotopic (exact) mass is 367 g/mol. The number of nitrogens with zero attached hydrogens (tertiary/aromatic N) is 2. The Morgan fingerprint density at radius 3 is 2.85 bits per heavy atom. The summed E-state index contributed by atoms with van der Waals surface area (Å²) in [5.74, 6) is -1.69. The molecule has 1 fully saturated rings. The molecule has 7 heteroatoms. The van der Waals surface area contributed by atoms with Crippen LogP contribution in [0.2, 0.25) is 0 Å². The molecule has 2 heterocycles. The minimum Gasteiger partial charge on any atom is -0.452 e. The van der Waals surface area contributed by atoms with Gasteiger partial charge in [0, 0.05) is 24.6 Å². The van der Waals surface area contributed by atoms with Crippen LogP contribution >= 0.6 is 0 Å². The van der Waals surface area contributed by atoms with Gasteiger partial charge in [-0.2, -0.15) is 0 Å². The molecule has 0 spiro atoms. The summed E-state index contributed by atoms with van der Waals surface area (Å²) in [4.78, 5) is 41.2. The molecule has 140 valence electrons. The molecule has 0 saturated carbocycles. The van der Waals surface area contributed by atoms with Gasteiger partial charge in [-0.05, 0) is 31.1 Å². The molecular formula is C20H21N3O4. The average Bonchev–Trinajstić information content (AvgIpc) is 2.70. The van der Waals surface area contributed by atoms with Crippen LogP contribution in [0.4, 0.5) is 0 Å². The van der Waals surface area contributed by atoms with E-state index in [1.54, 1.807) is 12.1 Å². The molecule has 1 aromatic carbocycles. The number of esters is 1. The maximum atomic E-state index is 12.2. The molecular weight excluding hydrogens is 346 g/mol. The summed E-state index contributed by atoms with van der Waals surface area (Å²) in [6, 6.07) is 11.4. The molecule has 1 aliphatic rings. The number of fused-ring (bicyclic) bond motifs is 1. The van der Waals surface area contributed by atoms with Crippen molar-refractivity contribution < 1.29 is 19.1 Å². The van der Waals surface area contributed by atoms with Crippen molar-refractivity contribution in [3.8, 4) is 0 Å². The van der Waals surface area contributed by atoms with Gasteiger partial charge in [-0.1, -0.05) is 24.3 Å². The van der Waals surface area contributed by atoms with Gasteiger partial charge in [0.25, 0.3) is 5.91 Å². The number of piperidine rings is 1. The minimum absolute atomic E-state index is 0.280. The Morgan fingerprint density at radius 1 is 1.22 bits per heavy atom. The lowest BCUT2D eigenvalue weighted by Gasteiger charge is -2.30. The number of aromatic nitrogens is 1. The topological polar surface area (TPSA) is 103 Å². The van der Waals surface area contributed by atoms with Gasteiger partial charge in [-0.25, -0.2) is 9.78 Å². The van der Waals surface area contributed by atoms with E-state index in [0.717, 1.165) is 10.9 Å². The minimum atomic E-state index is -0.623. The summed E-state index contributed by atoms with van der Waals surface area (Å²) in [7, 11) is 0. The Balaban J connectivity index is 1.51. The molecule has 1 saturated heterocycles. The third-order valence-corrected chi connectivity index (χ3v) is 4.52. The summed E-state index contributed by atoms with van der Waals surface area (Å²) < 4.78 is 5.00. The van der Waals surface area contributed by atoms with Gasteiger partial charge in [-0.3, -0.25) is 9.59 Å². The smallest absolute Gasteiger partial charge is 0.331 e. The lowest BCUT2D eigenvalue weighted by atomic mass is 9.97. The number of likely N-dealkylation sites (tertiary alicyclic amines) is 1. The fraction of sp³-hybridized carbons (Fsp3) is 0.300. The molecule has 1 aromatic heterocycles. The Morgan fingerprint density at radius 2 is 2.04 bits per heavy atom. The first kappa shape index (κ1) is 18.6. The molecule has 2 amide bonds. The second kappa shape index (κ2) is 8.44. The van der Waals surface area contributed by atoms with E-state index in [1.165, 1.54) is 11.0 Å². The van der Waals surface area contributed by atoms with E-state index in [1.807, 2.05) is 30.3 Å². The van der Waals surface area contributed by atoms with E-state index in [2.05, 4.69) is 4.98 Å². The molecule has 27 heavy (non-hydrogen) atoms. The largest absolute Gasteiger partial charge is 0.452 e. The molecule has 1 atom stereocenters. The highest BCUT2D eigenvalue weighted by atomic mass is 16.5. The summed E-state index contributed by atoms with van der Waals surface area (Å²) in [6.45, 7) is 0.458. The van der Waals surface area contributed by atoms with Crippen molar-refractivity contribution in [2.45, 2.75) is 12.8 Å². The molecule has 3 rings (SSSR count). The zero-order valence-electron chi connectivity index (χ0n) is 14.8. The number of carbonyl (C=O) groups excluding carboxylic acids is 3. The van der Waals surface area contributed by atoms with Crippen LogP contribution in [0.15, 0.2) is 42.5 Å². The van der Waals surface area contributed by atoms with Crippen molar-refractivity contribution in [2.24, 2.45) is 11.7 Å². The highest BCUT2D eigenvalue weighted by molar-refractivity contribution is 5.90. The first-order valence-corrected chi connectivity index (χ1v) is 8.80. The number of primary amides is 1. The Bertz CT molecular complexity index is 894. The fourth-order valence-electron chi connectivity index (χ4n) is 3.04. The van der Waals surface area contributed by atoms with Crippen LogP contribution in [0.3, 0.4) is 0 Å². The molecule has 0 unspecified atom stereocenters. The van der Waals surface area contributed by atoms with E-state index in [0.29, 0.717) is 25.1 Å². The van der Waals surface area contributed by atoms with Crippen molar-refractivity contribution in [3.63, 3.8) is 0 Å². The number of carbonyl (C=O) groups is 3. The maximum absolute atomic E-state index is 12.2. The Labute approximate surface area is 156 Å². The molecule has 0 aliphatic carbocycles. The number of amides is 2. The van der Waals surface area contributed by atoms with E-state index in [-0.39, 0.29) is 25.0 Å². The first-order chi connectivity index (χ1) is 13.0. The standard InChI is InChI=1S/C20H21N3O4/c21-20(26)15-5-3-11-23(12-15)18(24)13-27-19(25)10-9-16-8-7-14-4-1-2-6-17(14)22-16/h1-2,4,6-10,15H,3,5,11-13H2,(H2,21,26)/b10-9+/t15-/m1/s1.